The molecule has 0 saturated carbocycles. The molecule has 2 aliphatic heterocycles. The summed E-state index contributed by atoms with van der Waals surface area (Å²) < 4.78 is 6.25. The highest BCUT2D eigenvalue weighted by molar-refractivity contribution is 8.26. The Kier molecular flexibility index (Phi) is 6.50. The smallest absolute Gasteiger partial charge is 0.267 e. The first-order valence-electron chi connectivity index (χ1n) is 10.7. The lowest BCUT2D eigenvalue weighted by atomic mass is 10.1. The van der Waals surface area contributed by atoms with Gasteiger partial charge in [-0.05, 0) is 49.4 Å². The molecular weight excluding hydrogens is 525 g/mol. The summed E-state index contributed by atoms with van der Waals surface area (Å²) in [4.78, 5) is 28.6. The number of anilines is 1. The first-order valence-corrected chi connectivity index (χ1v) is 12.7. The summed E-state index contributed by atoms with van der Waals surface area (Å²) in [6, 6.07) is 17.0. The van der Waals surface area contributed by atoms with Crippen molar-refractivity contribution in [2.45, 2.75) is 19.0 Å². The Bertz CT molecular complexity index is 1380. The minimum absolute atomic E-state index is 0.207. The fourth-order valence-corrected chi connectivity index (χ4v) is 6.00. The minimum atomic E-state index is -0.737. The first kappa shape index (κ1) is 24.1. The molecule has 178 valence electrons. The molecule has 2 fully saturated rings. The molecule has 5 rings (SSSR count). The molecule has 3 aromatic rings. The molecule has 35 heavy (non-hydrogen) atoms. The van der Waals surface area contributed by atoms with E-state index in [4.69, 9.17) is 39.8 Å². The maximum Gasteiger partial charge on any atom is 0.267 e. The first-order chi connectivity index (χ1) is 16.8. The second-order valence-electron chi connectivity index (χ2n) is 8.12. The van der Waals surface area contributed by atoms with Gasteiger partial charge < -0.3 is 4.42 Å². The Morgan fingerprint density at radius 1 is 1.06 bits per heavy atom. The number of carbonyl (C=O) groups excluding carboxylic acids is 2. The zero-order chi connectivity index (χ0) is 24.9. The molecule has 2 aliphatic rings. The van der Waals surface area contributed by atoms with Crippen LogP contribution in [-0.4, -0.2) is 45.2 Å². The van der Waals surface area contributed by atoms with Crippen molar-refractivity contribution in [2.75, 3.05) is 12.1 Å². The van der Waals surface area contributed by atoms with E-state index in [1.54, 1.807) is 41.4 Å². The van der Waals surface area contributed by atoms with Gasteiger partial charge in [-0.1, -0.05) is 65.4 Å². The average molecular weight is 544 g/mol. The standard InChI is InChI=1S/C25H19Cl2N3O3S2/c1-14-22(24(32)30(28(14)2)16-6-4-3-5-7-16)29-23(31)21(35-25(29)34)13-17-9-11-20(33-17)18-10-8-15(26)12-19(18)27/h3-14,22H,1-2H3/b21-13-. The van der Waals surface area contributed by atoms with Crippen molar-refractivity contribution in [3.8, 4) is 11.3 Å². The number of amides is 2. The van der Waals surface area contributed by atoms with Crippen LogP contribution in [0.15, 0.2) is 70.0 Å². The number of carbonyl (C=O) groups is 2. The molecule has 10 heteroatoms. The zero-order valence-electron chi connectivity index (χ0n) is 18.6. The summed E-state index contributed by atoms with van der Waals surface area (Å²) >= 11 is 19.0. The highest BCUT2D eigenvalue weighted by Crippen LogP contribution is 2.39. The predicted octanol–water partition coefficient (Wildman–Crippen LogP) is 6.11. The third-order valence-corrected chi connectivity index (χ3v) is 7.90. The van der Waals surface area contributed by atoms with Crippen molar-refractivity contribution in [1.82, 2.24) is 9.91 Å². The number of thiocarbonyl (C=S) groups is 1. The van der Waals surface area contributed by atoms with Crippen molar-refractivity contribution >= 4 is 75.1 Å². The van der Waals surface area contributed by atoms with E-state index in [-0.39, 0.29) is 17.9 Å². The van der Waals surface area contributed by atoms with Crippen molar-refractivity contribution in [3.05, 3.63) is 81.4 Å². The molecule has 2 unspecified atom stereocenters. The monoisotopic (exact) mass is 543 g/mol. The molecule has 2 saturated heterocycles. The number of hydrogen-bond donors (Lipinski definition) is 0. The molecule has 1 aromatic heterocycles. The van der Waals surface area contributed by atoms with Gasteiger partial charge in [0.2, 0.25) is 0 Å². The van der Waals surface area contributed by atoms with Crippen LogP contribution in [0.1, 0.15) is 12.7 Å². The number of likely N-dealkylation sites (N-methyl/N-ethyl adjacent to an activating group) is 1. The van der Waals surface area contributed by atoms with E-state index in [2.05, 4.69) is 0 Å². The fourth-order valence-electron chi connectivity index (χ4n) is 4.19. The van der Waals surface area contributed by atoms with Crippen LogP contribution in [0.3, 0.4) is 0 Å². The highest BCUT2D eigenvalue weighted by atomic mass is 35.5. The molecule has 2 atom stereocenters. The van der Waals surface area contributed by atoms with E-state index < -0.39 is 6.04 Å². The summed E-state index contributed by atoms with van der Waals surface area (Å²) in [5.74, 6) is 0.492. The van der Waals surface area contributed by atoms with E-state index in [1.807, 2.05) is 49.3 Å². The number of hydrogen-bond acceptors (Lipinski definition) is 6. The number of rotatable bonds is 4. The van der Waals surface area contributed by atoms with Gasteiger partial charge in [-0.15, -0.1) is 0 Å². The Morgan fingerprint density at radius 3 is 2.51 bits per heavy atom. The van der Waals surface area contributed by atoms with E-state index in [0.29, 0.717) is 36.4 Å². The molecule has 2 aromatic carbocycles. The average Bonchev–Trinajstić information content (AvgIpc) is 3.45. The van der Waals surface area contributed by atoms with Crippen LogP contribution in [0, 0.1) is 0 Å². The normalized spacial score (nSPS) is 22.2. The van der Waals surface area contributed by atoms with Gasteiger partial charge >= 0.3 is 0 Å². The number of benzene rings is 2. The van der Waals surface area contributed by atoms with Gasteiger partial charge in [-0.2, -0.15) is 0 Å². The Hall–Kier alpha value is -2.62. The third kappa shape index (κ3) is 4.30. The Labute approximate surface area is 222 Å². The van der Waals surface area contributed by atoms with Crippen molar-refractivity contribution in [3.63, 3.8) is 0 Å². The molecule has 0 radical (unpaired) electrons. The van der Waals surface area contributed by atoms with Gasteiger partial charge in [0.25, 0.3) is 11.8 Å². The number of thioether (sulfide) groups is 1. The van der Waals surface area contributed by atoms with Crippen LogP contribution >= 0.6 is 47.2 Å². The lowest BCUT2D eigenvalue weighted by Gasteiger charge is -2.26. The van der Waals surface area contributed by atoms with E-state index in [0.717, 1.165) is 17.4 Å². The van der Waals surface area contributed by atoms with Gasteiger partial charge in [0.05, 0.1) is 21.7 Å². The van der Waals surface area contributed by atoms with Crippen LogP contribution < -0.4 is 5.01 Å². The molecule has 3 heterocycles. The lowest BCUT2D eigenvalue weighted by molar-refractivity contribution is -0.130. The number of nitrogens with zero attached hydrogens (tertiary/aromatic N) is 3. The molecule has 2 amide bonds. The molecule has 6 nitrogen and oxygen atoms in total. The summed E-state index contributed by atoms with van der Waals surface area (Å²) in [5, 5.41) is 4.41. The van der Waals surface area contributed by atoms with Crippen LogP contribution in [0.25, 0.3) is 17.4 Å². The van der Waals surface area contributed by atoms with Crippen LogP contribution in [-0.2, 0) is 9.59 Å². The second kappa shape index (κ2) is 9.44. The van der Waals surface area contributed by atoms with Gasteiger partial charge in [0.1, 0.15) is 21.9 Å². The van der Waals surface area contributed by atoms with Crippen LogP contribution in [0.4, 0.5) is 5.69 Å². The summed E-state index contributed by atoms with van der Waals surface area (Å²) in [7, 11) is 1.83. The highest BCUT2D eigenvalue weighted by Gasteiger charge is 2.51. The van der Waals surface area contributed by atoms with E-state index >= 15 is 0 Å². The number of para-hydroxylation sites is 1. The molecule has 0 aliphatic carbocycles. The number of halogens is 2. The summed E-state index contributed by atoms with van der Waals surface area (Å²) in [6.07, 6.45) is 1.63. The Morgan fingerprint density at radius 2 is 1.80 bits per heavy atom. The Balaban J connectivity index is 1.41. The largest absolute Gasteiger partial charge is 0.457 e. The maximum absolute atomic E-state index is 13.4. The quantitative estimate of drug-likeness (QED) is 0.292. The zero-order valence-corrected chi connectivity index (χ0v) is 21.8. The van der Waals surface area contributed by atoms with Crippen molar-refractivity contribution in [1.29, 1.82) is 0 Å². The summed E-state index contributed by atoms with van der Waals surface area (Å²) in [6.45, 7) is 1.91. The number of furan rings is 1. The predicted molar refractivity (Wildman–Crippen MR) is 144 cm³/mol. The lowest BCUT2D eigenvalue weighted by Crippen LogP contribution is -2.48. The summed E-state index contributed by atoms with van der Waals surface area (Å²) in [5.41, 5.74) is 1.43. The topological polar surface area (TPSA) is 57.0 Å². The van der Waals surface area contributed by atoms with Gasteiger partial charge in [0.15, 0.2) is 0 Å². The third-order valence-electron chi connectivity index (χ3n) is 6.02. The minimum Gasteiger partial charge on any atom is -0.457 e. The molecule has 0 N–H and O–H groups in total. The van der Waals surface area contributed by atoms with Gasteiger partial charge in [0, 0.05) is 23.7 Å². The van der Waals surface area contributed by atoms with Gasteiger partial charge in [-0.3, -0.25) is 14.5 Å². The molecule has 0 bridgehead atoms. The van der Waals surface area contributed by atoms with Crippen LogP contribution in [0.5, 0.6) is 0 Å². The van der Waals surface area contributed by atoms with Crippen molar-refractivity contribution < 1.29 is 14.0 Å². The van der Waals surface area contributed by atoms with Crippen LogP contribution in [0.2, 0.25) is 10.0 Å². The van der Waals surface area contributed by atoms with Crippen molar-refractivity contribution in [2.24, 2.45) is 0 Å². The van der Waals surface area contributed by atoms with E-state index in [9.17, 15) is 9.59 Å². The fraction of sp³-hybridized carbons (Fsp3) is 0.160. The maximum atomic E-state index is 13.4. The molecular formula is C25H19Cl2N3O3S2. The van der Waals surface area contributed by atoms with Gasteiger partial charge in [-0.25, -0.2) is 10.0 Å². The van der Waals surface area contributed by atoms with E-state index in [1.165, 1.54) is 4.90 Å². The molecule has 0 spiro atoms. The SMILES string of the molecule is CC1C(N2C(=O)/C(=C/c3ccc(-c4ccc(Cl)cc4Cl)o3)SC2=S)C(=O)N(c2ccccc2)N1C. The number of hydrazine groups is 1. The second-order valence-corrected chi connectivity index (χ2v) is 10.6.